The molecule has 0 N–H and O–H groups in total. The summed E-state index contributed by atoms with van der Waals surface area (Å²) in [5.41, 5.74) is 1.98. The van der Waals surface area contributed by atoms with Crippen LogP contribution >= 0.6 is 23.2 Å². The van der Waals surface area contributed by atoms with Gasteiger partial charge in [0.15, 0.2) is 5.75 Å². The van der Waals surface area contributed by atoms with Crippen molar-refractivity contribution in [3.8, 4) is 11.5 Å². The molecule has 2 nitrogen and oxygen atoms in total. The lowest BCUT2D eigenvalue weighted by Crippen LogP contribution is -2.19. The highest BCUT2D eigenvalue weighted by Gasteiger charge is 2.25. The van der Waals surface area contributed by atoms with E-state index >= 15 is 0 Å². The van der Waals surface area contributed by atoms with Gasteiger partial charge in [-0.05, 0) is 47.7 Å². The fourth-order valence-electron chi connectivity index (χ4n) is 2.87. The fourth-order valence-corrected chi connectivity index (χ4v) is 3.46. The van der Waals surface area contributed by atoms with E-state index in [0.29, 0.717) is 28.3 Å². The predicted octanol–water partition coefficient (Wildman–Crippen LogP) is 7.92. The van der Waals surface area contributed by atoms with Gasteiger partial charge in [-0.3, -0.25) is 0 Å². The molecule has 4 heteroatoms. The van der Waals surface area contributed by atoms with Gasteiger partial charge in [-0.2, -0.15) is 0 Å². The maximum atomic E-state index is 6.49. The quantitative estimate of drug-likeness (QED) is 0.361. The Balaban J connectivity index is 2.19. The van der Waals surface area contributed by atoms with Crippen molar-refractivity contribution in [2.75, 3.05) is 13.2 Å². The standard InChI is InChI=1S/C24H32Cl2O2/c1-6-8-13-27-23-21(25)14-19(15-22(23)26)24(4,5)18-9-11-20(12-10-18)28-16-17(3)7-2/h9-12,14-15,17H,6-8,13,16H2,1-5H3/t17-/m0/s1. The first-order valence-corrected chi connectivity index (χ1v) is 10.9. The first-order chi connectivity index (χ1) is 13.3. The number of ether oxygens (including phenoxy) is 2. The molecule has 2 aromatic rings. The summed E-state index contributed by atoms with van der Waals surface area (Å²) in [6.07, 6.45) is 3.16. The van der Waals surface area contributed by atoms with Crippen LogP contribution in [0.2, 0.25) is 10.0 Å². The Bertz CT molecular complexity index is 731. The van der Waals surface area contributed by atoms with E-state index in [2.05, 4.69) is 46.8 Å². The van der Waals surface area contributed by atoms with E-state index < -0.39 is 0 Å². The summed E-state index contributed by atoms with van der Waals surface area (Å²) in [5.74, 6) is 2.03. The monoisotopic (exact) mass is 422 g/mol. The molecule has 0 saturated heterocycles. The van der Waals surface area contributed by atoms with Crippen molar-refractivity contribution in [1.82, 2.24) is 0 Å². The van der Waals surface area contributed by atoms with Gasteiger partial charge in [-0.15, -0.1) is 0 Å². The van der Waals surface area contributed by atoms with Gasteiger partial charge in [0.05, 0.1) is 23.3 Å². The molecule has 2 rings (SSSR count). The summed E-state index contributed by atoms with van der Waals surface area (Å²) in [6, 6.07) is 12.2. The van der Waals surface area contributed by atoms with Crippen LogP contribution in [0.3, 0.4) is 0 Å². The number of hydrogen-bond donors (Lipinski definition) is 0. The van der Waals surface area contributed by atoms with E-state index in [9.17, 15) is 0 Å². The number of rotatable bonds is 10. The molecule has 0 aliphatic rings. The molecule has 2 aromatic carbocycles. The van der Waals surface area contributed by atoms with Crippen molar-refractivity contribution in [3.05, 3.63) is 57.6 Å². The third-order valence-electron chi connectivity index (χ3n) is 5.27. The molecular formula is C24H32Cl2O2. The minimum Gasteiger partial charge on any atom is -0.493 e. The zero-order valence-corrected chi connectivity index (χ0v) is 19.2. The van der Waals surface area contributed by atoms with Gasteiger partial charge in [-0.1, -0.05) is 82.8 Å². The molecule has 0 amide bonds. The van der Waals surface area contributed by atoms with Crippen LogP contribution in [0.15, 0.2) is 36.4 Å². The van der Waals surface area contributed by atoms with Gasteiger partial charge in [-0.25, -0.2) is 0 Å². The number of benzene rings is 2. The zero-order chi connectivity index (χ0) is 20.7. The van der Waals surface area contributed by atoms with Crippen molar-refractivity contribution in [3.63, 3.8) is 0 Å². The normalized spacial score (nSPS) is 12.7. The fraction of sp³-hybridized carbons (Fsp3) is 0.500. The van der Waals surface area contributed by atoms with Gasteiger partial charge in [0, 0.05) is 5.41 Å². The van der Waals surface area contributed by atoms with Gasteiger partial charge < -0.3 is 9.47 Å². The van der Waals surface area contributed by atoms with Gasteiger partial charge in [0.25, 0.3) is 0 Å². The average Bonchev–Trinajstić information content (AvgIpc) is 2.68. The molecule has 0 aromatic heterocycles. The lowest BCUT2D eigenvalue weighted by Gasteiger charge is -2.27. The predicted molar refractivity (Wildman–Crippen MR) is 120 cm³/mol. The highest BCUT2D eigenvalue weighted by Crippen LogP contribution is 2.40. The van der Waals surface area contributed by atoms with Crippen molar-refractivity contribution >= 4 is 23.2 Å². The largest absolute Gasteiger partial charge is 0.493 e. The molecule has 0 radical (unpaired) electrons. The molecule has 0 aliphatic heterocycles. The van der Waals surface area contributed by atoms with Crippen LogP contribution in [0.5, 0.6) is 11.5 Å². The molecule has 0 heterocycles. The first kappa shape index (κ1) is 22.9. The Morgan fingerprint density at radius 3 is 2.07 bits per heavy atom. The SMILES string of the molecule is CCCCOc1c(Cl)cc(C(C)(C)c2ccc(OC[C@@H](C)CC)cc2)cc1Cl. The summed E-state index contributed by atoms with van der Waals surface area (Å²) < 4.78 is 11.6. The molecule has 0 fully saturated rings. The summed E-state index contributed by atoms with van der Waals surface area (Å²) in [4.78, 5) is 0. The summed E-state index contributed by atoms with van der Waals surface area (Å²) >= 11 is 13.0. The summed E-state index contributed by atoms with van der Waals surface area (Å²) in [5, 5.41) is 1.11. The third-order valence-corrected chi connectivity index (χ3v) is 5.83. The van der Waals surface area contributed by atoms with Crippen LogP contribution in [0.25, 0.3) is 0 Å². The van der Waals surface area contributed by atoms with Crippen LogP contribution in [0, 0.1) is 5.92 Å². The molecule has 0 spiro atoms. The van der Waals surface area contributed by atoms with E-state index in [-0.39, 0.29) is 5.41 Å². The molecule has 0 aliphatic carbocycles. The van der Waals surface area contributed by atoms with Gasteiger partial charge in [0.2, 0.25) is 0 Å². The molecule has 28 heavy (non-hydrogen) atoms. The molecule has 154 valence electrons. The van der Waals surface area contributed by atoms with Crippen molar-refractivity contribution in [1.29, 1.82) is 0 Å². The highest BCUT2D eigenvalue weighted by atomic mass is 35.5. The molecule has 1 atom stereocenters. The zero-order valence-electron chi connectivity index (χ0n) is 17.6. The van der Waals surface area contributed by atoms with Gasteiger partial charge in [0.1, 0.15) is 5.75 Å². The lowest BCUT2D eigenvalue weighted by atomic mass is 9.78. The second-order valence-corrected chi connectivity index (χ2v) is 8.76. The summed E-state index contributed by atoms with van der Waals surface area (Å²) in [6.45, 7) is 12.2. The van der Waals surface area contributed by atoms with Crippen molar-refractivity contribution in [2.24, 2.45) is 5.92 Å². The third kappa shape index (κ3) is 5.81. The minimum absolute atomic E-state index is 0.246. The van der Waals surface area contributed by atoms with E-state index in [0.717, 1.165) is 37.2 Å². The Hall–Kier alpha value is -1.38. The van der Waals surface area contributed by atoms with Gasteiger partial charge >= 0.3 is 0 Å². The van der Waals surface area contributed by atoms with Crippen LogP contribution < -0.4 is 9.47 Å². The Kier molecular flexibility index (Phi) is 8.52. The Morgan fingerprint density at radius 2 is 1.54 bits per heavy atom. The van der Waals surface area contributed by atoms with Crippen molar-refractivity contribution in [2.45, 2.75) is 59.3 Å². The molecule has 0 bridgehead atoms. The molecular weight excluding hydrogens is 391 g/mol. The maximum absolute atomic E-state index is 6.49. The van der Waals surface area contributed by atoms with E-state index in [4.69, 9.17) is 32.7 Å². The van der Waals surface area contributed by atoms with Crippen molar-refractivity contribution < 1.29 is 9.47 Å². The molecule has 0 unspecified atom stereocenters. The second kappa shape index (κ2) is 10.4. The minimum atomic E-state index is -0.246. The highest BCUT2D eigenvalue weighted by molar-refractivity contribution is 6.37. The topological polar surface area (TPSA) is 18.5 Å². The Morgan fingerprint density at radius 1 is 0.929 bits per heavy atom. The van der Waals surface area contributed by atoms with Crippen LogP contribution in [0.4, 0.5) is 0 Å². The Labute approximate surface area is 180 Å². The smallest absolute Gasteiger partial charge is 0.156 e. The lowest BCUT2D eigenvalue weighted by molar-refractivity contribution is 0.256. The van der Waals surface area contributed by atoms with Crippen LogP contribution in [-0.4, -0.2) is 13.2 Å². The van der Waals surface area contributed by atoms with Crippen LogP contribution in [-0.2, 0) is 5.41 Å². The maximum Gasteiger partial charge on any atom is 0.156 e. The van der Waals surface area contributed by atoms with E-state index in [1.807, 2.05) is 24.3 Å². The number of hydrogen-bond acceptors (Lipinski definition) is 2. The first-order valence-electron chi connectivity index (χ1n) is 10.1. The average molecular weight is 423 g/mol. The van der Waals surface area contributed by atoms with Crippen LogP contribution in [0.1, 0.15) is 65.0 Å². The van der Waals surface area contributed by atoms with E-state index in [1.54, 1.807) is 0 Å². The second-order valence-electron chi connectivity index (χ2n) is 7.94. The summed E-state index contributed by atoms with van der Waals surface area (Å²) in [7, 11) is 0. The van der Waals surface area contributed by atoms with E-state index in [1.165, 1.54) is 5.56 Å². The number of halogens is 2. The number of unbranched alkanes of at least 4 members (excludes halogenated alkanes) is 1. The molecule has 0 saturated carbocycles.